The average Bonchev–Trinajstić information content (AvgIpc) is 3.09. The first-order valence-corrected chi connectivity index (χ1v) is 9.33. The Bertz CT molecular complexity index is 1010. The first kappa shape index (κ1) is 18.0. The molecule has 1 fully saturated rings. The van der Waals surface area contributed by atoms with Gasteiger partial charge in [-0.1, -0.05) is 42.5 Å². The van der Waals surface area contributed by atoms with Crippen LogP contribution in [-0.2, 0) is 16.1 Å². The molecular weight excluding hydrogens is 352 g/mol. The molecule has 1 N–H and O–H groups in total. The summed E-state index contributed by atoms with van der Waals surface area (Å²) in [4.78, 5) is 26.8. The summed E-state index contributed by atoms with van der Waals surface area (Å²) < 4.78 is 5.16. The van der Waals surface area contributed by atoms with Crippen molar-refractivity contribution in [1.82, 2.24) is 4.90 Å². The van der Waals surface area contributed by atoms with Gasteiger partial charge in [-0.05, 0) is 40.6 Å². The van der Waals surface area contributed by atoms with Crippen molar-refractivity contribution in [3.63, 3.8) is 0 Å². The maximum atomic E-state index is 12.7. The molecule has 1 atom stereocenters. The van der Waals surface area contributed by atoms with E-state index in [1.807, 2.05) is 66.7 Å². The Morgan fingerprint density at radius 1 is 1.07 bits per heavy atom. The zero-order valence-corrected chi connectivity index (χ0v) is 15.7. The molecule has 0 radical (unpaired) electrons. The Balaban J connectivity index is 1.40. The van der Waals surface area contributed by atoms with Crippen LogP contribution in [0.25, 0.3) is 10.8 Å². The Labute approximate surface area is 163 Å². The maximum absolute atomic E-state index is 12.7. The largest absolute Gasteiger partial charge is 0.497 e. The summed E-state index contributed by atoms with van der Waals surface area (Å²) in [5.41, 5.74) is 1.77. The van der Waals surface area contributed by atoms with Crippen LogP contribution < -0.4 is 10.1 Å². The van der Waals surface area contributed by atoms with Gasteiger partial charge in [-0.2, -0.15) is 0 Å². The summed E-state index contributed by atoms with van der Waals surface area (Å²) in [6.07, 6.45) is 0.246. The van der Waals surface area contributed by atoms with Crippen LogP contribution in [0.2, 0.25) is 0 Å². The Morgan fingerprint density at radius 2 is 1.82 bits per heavy atom. The minimum atomic E-state index is -0.336. The van der Waals surface area contributed by atoms with E-state index in [1.54, 1.807) is 12.0 Å². The molecule has 1 aliphatic heterocycles. The molecule has 3 aromatic carbocycles. The number of nitrogens with zero attached hydrogens (tertiary/aromatic N) is 1. The summed E-state index contributed by atoms with van der Waals surface area (Å²) in [7, 11) is 1.62. The molecule has 0 aromatic heterocycles. The number of anilines is 1. The molecule has 3 aromatic rings. The summed E-state index contributed by atoms with van der Waals surface area (Å²) in [6.45, 7) is 0.937. The van der Waals surface area contributed by atoms with Crippen LogP contribution in [0.4, 0.5) is 5.69 Å². The highest BCUT2D eigenvalue weighted by Crippen LogP contribution is 2.24. The normalized spacial score (nSPS) is 16.4. The lowest BCUT2D eigenvalue weighted by molar-refractivity contribution is -0.128. The number of nitrogens with one attached hydrogen (secondary N) is 1. The van der Waals surface area contributed by atoms with E-state index in [0.717, 1.165) is 27.8 Å². The van der Waals surface area contributed by atoms with Crippen LogP contribution in [-0.4, -0.2) is 30.4 Å². The van der Waals surface area contributed by atoms with Crippen molar-refractivity contribution < 1.29 is 14.3 Å². The van der Waals surface area contributed by atoms with E-state index >= 15 is 0 Å². The molecule has 1 saturated heterocycles. The van der Waals surface area contributed by atoms with Crippen LogP contribution >= 0.6 is 0 Å². The molecule has 2 amide bonds. The van der Waals surface area contributed by atoms with Crippen LogP contribution in [0.3, 0.4) is 0 Å². The lowest BCUT2D eigenvalue weighted by atomic mass is 10.1. The van der Waals surface area contributed by atoms with Crippen LogP contribution in [0.15, 0.2) is 66.7 Å². The van der Waals surface area contributed by atoms with Crippen molar-refractivity contribution >= 4 is 28.3 Å². The molecule has 0 aliphatic carbocycles. The Kier molecular flexibility index (Phi) is 4.98. The molecule has 5 nitrogen and oxygen atoms in total. The van der Waals surface area contributed by atoms with Crippen LogP contribution in [0.5, 0.6) is 5.75 Å². The number of hydrogen-bond acceptors (Lipinski definition) is 3. The second kappa shape index (κ2) is 7.72. The number of fused-ring (bicyclic) bond motifs is 1. The van der Waals surface area contributed by atoms with E-state index in [-0.39, 0.29) is 24.2 Å². The number of carbonyl (C=O) groups is 2. The van der Waals surface area contributed by atoms with Crippen molar-refractivity contribution in [2.45, 2.75) is 13.0 Å². The van der Waals surface area contributed by atoms with Gasteiger partial charge < -0.3 is 15.0 Å². The lowest BCUT2D eigenvalue weighted by Gasteiger charge is -2.17. The van der Waals surface area contributed by atoms with Crippen molar-refractivity contribution in [2.75, 3.05) is 19.0 Å². The zero-order valence-electron chi connectivity index (χ0n) is 15.7. The van der Waals surface area contributed by atoms with Gasteiger partial charge in [0.2, 0.25) is 11.8 Å². The Morgan fingerprint density at radius 3 is 2.57 bits per heavy atom. The van der Waals surface area contributed by atoms with Crippen molar-refractivity contribution in [3.05, 3.63) is 72.3 Å². The van der Waals surface area contributed by atoms with E-state index in [1.165, 1.54) is 0 Å². The molecule has 0 saturated carbocycles. The summed E-state index contributed by atoms with van der Waals surface area (Å²) in [6, 6.07) is 21.5. The van der Waals surface area contributed by atoms with Crippen molar-refractivity contribution in [3.8, 4) is 5.75 Å². The number of ether oxygens (including phenoxy) is 1. The third kappa shape index (κ3) is 3.83. The second-order valence-corrected chi connectivity index (χ2v) is 7.07. The van der Waals surface area contributed by atoms with E-state index in [0.29, 0.717) is 13.1 Å². The van der Waals surface area contributed by atoms with Gasteiger partial charge in [-0.25, -0.2) is 0 Å². The molecule has 0 spiro atoms. The van der Waals surface area contributed by atoms with Crippen LogP contribution in [0, 0.1) is 5.92 Å². The molecule has 0 bridgehead atoms. The standard InChI is InChI=1S/C23H22N2O3/c1-28-21-10-6-16(7-11-21)14-25-15-19(13-22(25)26)23(27)24-20-9-8-17-4-2-3-5-18(17)12-20/h2-12,19H,13-15H2,1H3,(H,24,27). The molecule has 1 heterocycles. The number of amides is 2. The Hall–Kier alpha value is -3.34. The highest BCUT2D eigenvalue weighted by molar-refractivity contribution is 5.98. The highest BCUT2D eigenvalue weighted by atomic mass is 16.5. The first-order chi connectivity index (χ1) is 13.6. The van der Waals surface area contributed by atoms with E-state index < -0.39 is 0 Å². The SMILES string of the molecule is COc1ccc(CN2CC(C(=O)Nc3ccc4ccccc4c3)CC2=O)cc1. The fraction of sp³-hybridized carbons (Fsp3) is 0.217. The summed E-state index contributed by atoms with van der Waals surface area (Å²) >= 11 is 0. The monoisotopic (exact) mass is 374 g/mol. The van der Waals surface area contributed by atoms with Gasteiger partial charge >= 0.3 is 0 Å². The van der Waals surface area contributed by atoms with E-state index in [2.05, 4.69) is 5.32 Å². The predicted octanol–water partition coefficient (Wildman–Crippen LogP) is 3.84. The number of rotatable bonds is 5. The van der Waals surface area contributed by atoms with Gasteiger partial charge in [0.1, 0.15) is 5.75 Å². The fourth-order valence-corrected chi connectivity index (χ4v) is 3.56. The quantitative estimate of drug-likeness (QED) is 0.738. The molecule has 1 unspecified atom stereocenters. The van der Waals surface area contributed by atoms with Gasteiger partial charge in [-0.15, -0.1) is 0 Å². The molecule has 4 rings (SSSR count). The fourth-order valence-electron chi connectivity index (χ4n) is 3.56. The van der Waals surface area contributed by atoms with Gasteiger partial charge in [-0.3, -0.25) is 9.59 Å². The first-order valence-electron chi connectivity index (χ1n) is 9.33. The maximum Gasteiger partial charge on any atom is 0.229 e. The number of methoxy groups -OCH3 is 1. The molecule has 142 valence electrons. The zero-order chi connectivity index (χ0) is 19.5. The summed E-state index contributed by atoms with van der Waals surface area (Å²) in [5.74, 6) is 0.344. The molecule has 28 heavy (non-hydrogen) atoms. The van der Waals surface area contributed by atoms with Gasteiger partial charge in [0, 0.05) is 25.2 Å². The number of benzene rings is 3. The number of carbonyl (C=O) groups excluding carboxylic acids is 2. The van der Waals surface area contributed by atoms with E-state index in [9.17, 15) is 9.59 Å². The van der Waals surface area contributed by atoms with Crippen molar-refractivity contribution in [2.24, 2.45) is 5.92 Å². The molecular formula is C23H22N2O3. The average molecular weight is 374 g/mol. The third-order valence-electron chi connectivity index (χ3n) is 5.13. The molecule has 1 aliphatic rings. The van der Waals surface area contributed by atoms with Crippen molar-refractivity contribution in [1.29, 1.82) is 0 Å². The summed E-state index contributed by atoms with van der Waals surface area (Å²) in [5, 5.41) is 5.16. The lowest BCUT2D eigenvalue weighted by Crippen LogP contribution is -2.28. The number of likely N-dealkylation sites (tertiary alicyclic amines) is 1. The van der Waals surface area contributed by atoms with E-state index in [4.69, 9.17) is 4.74 Å². The highest BCUT2D eigenvalue weighted by Gasteiger charge is 2.34. The van der Waals surface area contributed by atoms with Crippen LogP contribution in [0.1, 0.15) is 12.0 Å². The van der Waals surface area contributed by atoms with Gasteiger partial charge in [0.05, 0.1) is 13.0 Å². The van der Waals surface area contributed by atoms with Gasteiger partial charge in [0.15, 0.2) is 0 Å². The smallest absolute Gasteiger partial charge is 0.229 e. The predicted molar refractivity (Wildman–Crippen MR) is 109 cm³/mol. The number of hydrogen-bond donors (Lipinski definition) is 1. The second-order valence-electron chi connectivity index (χ2n) is 7.07. The topological polar surface area (TPSA) is 58.6 Å². The third-order valence-corrected chi connectivity index (χ3v) is 5.13. The van der Waals surface area contributed by atoms with Gasteiger partial charge in [0.25, 0.3) is 0 Å². The minimum absolute atomic E-state index is 0.00878. The minimum Gasteiger partial charge on any atom is -0.497 e. The molecule has 5 heteroatoms.